The van der Waals surface area contributed by atoms with Crippen molar-refractivity contribution in [1.29, 1.82) is 0 Å². The third-order valence-corrected chi connectivity index (χ3v) is 10.3. The fourth-order valence-corrected chi connectivity index (χ4v) is 7.44. The summed E-state index contributed by atoms with van der Waals surface area (Å²) < 4.78 is 6.49. The number of furan rings is 1. The van der Waals surface area contributed by atoms with Gasteiger partial charge in [0, 0.05) is 44.5 Å². The maximum Gasteiger partial charge on any atom is 0.160 e. The van der Waals surface area contributed by atoms with E-state index in [1.807, 2.05) is 42.5 Å². The van der Waals surface area contributed by atoms with Gasteiger partial charge in [0.2, 0.25) is 0 Å². The molecule has 0 bridgehead atoms. The van der Waals surface area contributed by atoms with Crippen LogP contribution in [0.3, 0.4) is 0 Å². The molecule has 2 heterocycles. The Labute approximate surface area is 325 Å². The highest BCUT2D eigenvalue weighted by Crippen LogP contribution is 2.40. The summed E-state index contributed by atoms with van der Waals surface area (Å²) in [5.41, 5.74) is 14.4. The minimum atomic E-state index is 0.692. The van der Waals surface area contributed by atoms with Crippen molar-refractivity contribution in [3.8, 4) is 56.2 Å². The van der Waals surface area contributed by atoms with Gasteiger partial charge in [-0.1, -0.05) is 152 Å². The molecule has 2 aromatic heterocycles. The molecule has 0 radical (unpaired) electrons. The predicted octanol–water partition coefficient (Wildman–Crippen LogP) is 14.2. The molecule has 4 heteroatoms. The lowest BCUT2D eigenvalue weighted by molar-refractivity contribution is 0.669. The highest BCUT2D eigenvalue weighted by Gasteiger charge is 2.17. The van der Waals surface area contributed by atoms with Gasteiger partial charge in [-0.05, 0) is 82.9 Å². The third kappa shape index (κ3) is 6.40. The smallest absolute Gasteiger partial charge is 0.160 e. The first-order chi connectivity index (χ1) is 27.7. The van der Waals surface area contributed by atoms with Crippen LogP contribution in [0.4, 0.5) is 17.1 Å². The first-order valence-electron chi connectivity index (χ1n) is 18.8. The lowest BCUT2D eigenvalue weighted by Gasteiger charge is -2.25. The van der Waals surface area contributed by atoms with Crippen LogP contribution in [0.2, 0.25) is 0 Å². The average Bonchev–Trinajstić information content (AvgIpc) is 3.65. The van der Waals surface area contributed by atoms with Gasteiger partial charge in [-0.15, -0.1) is 0 Å². The fourth-order valence-electron chi connectivity index (χ4n) is 7.44. The molecule has 0 aliphatic heterocycles. The number of benzene rings is 8. The Hall–Kier alpha value is -7.56. The number of nitrogens with zero attached hydrogens (tertiary/aromatic N) is 3. The zero-order chi connectivity index (χ0) is 37.3. The van der Waals surface area contributed by atoms with Gasteiger partial charge in [-0.25, -0.2) is 9.97 Å². The second-order valence-electron chi connectivity index (χ2n) is 13.8. The van der Waals surface area contributed by atoms with Crippen LogP contribution in [0.15, 0.2) is 217 Å². The van der Waals surface area contributed by atoms with E-state index in [0.29, 0.717) is 5.82 Å². The van der Waals surface area contributed by atoms with Crippen LogP contribution in [0, 0.1) is 0 Å². The lowest BCUT2D eigenvalue weighted by atomic mass is 10.0. The summed E-state index contributed by atoms with van der Waals surface area (Å²) in [6.45, 7) is 0. The standard InChI is InChI=1S/C52H35N3O/c1-5-13-36(14-6-1)37-25-28-44(29-26-37)55(43-19-11-4-12-20-43)45-30-32-50-47(34-45)46-31-27-42(33-51(46)56-50)38-21-23-41(24-22-38)52-53-48(39-15-7-2-8-16-39)35-49(54-52)40-17-9-3-10-18-40/h1-35H. The summed E-state index contributed by atoms with van der Waals surface area (Å²) in [6.07, 6.45) is 0. The number of fused-ring (bicyclic) bond motifs is 3. The molecule has 0 spiro atoms. The van der Waals surface area contributed by atoms with Gasteiger partial charge in [0.15, 0.2) is 5.82 Å². The Bertz CT molecular complexity index is 2870. The number of aromatic nitrogens is 2. The molecule has 0 saturated carbocycles. The van der Waals surface area contributed by atoms with Crippen LogP contribution in [0.25, 0.3) is 78.1 Å². The first kappa shape index (κ1) is 33.0. The molecule has 0 amide bonds. The molecule has 56 heavy (non-hydrogen) atoms. The Morgan fingerprint density at radius 3 is 1.39 bits per heavy atom. The van der Waals surface area contributed by atoms with Crippen molar-refractivity contribution in [1.82, 2.24) is 9.97 Å². The summed E-state index contributed by atoms with van der Waals surface area (Å²) in [4.78, 5) is 12.3. The van der Waals surface area contributed by atoms with E-state index in [1.54, 1.807) is 0 Å². The molecule has 0 atom stereocenters. The molecule has 0 N–H and O–H groups in total. The van der Waals surface area contributed by atoms with E-state index >= 15 is 0 Å². The number of para-hydroxylation sites is 1. The summed E-state index contributed by atoms with van der Waals surface area (Å²) >= 11 is 0. The molecule has 10 rings (SSSR count). The molecular formula is C52H35N3O. The second kappa shape index (κ2) is 14.3. The van der Waals surface area contributed by atoms with Crippen molar-refractivity contribution in [2.75, 3.05) is 4.90 Å². The number of anilines is 3. The highest BCUT2D eigenvalue weighted by atomic mass is 16.3. The van der Waals surface area contributed by atoms with E-state index in [2.05, 4.69) is 175 Å². The second-order valence-corrected chi connectivity index (χ2v) is 13.8. The Morgan fingerprint density at radius 1 is 0.304 bits per heavy atom. The molecule has 8 aromatic carbocycles. The number of hydrogen-bond donors (Lipinski definition) is 0. The molecule has 4 nitrogen and oxygen atoms in total. The van der Waals surface area contributed by atoms with Crippen LogP contribution >= 0.6 is 0 Å². The molecule has 0 aliphatic rings. The zero-order valence-electron chi connectivity index (χ0n) is 30.5. The molecule has 264 valence electrons. The monoisotopic (exact) mass is 717 g/mol. The van der Waals surface area contributed by atoms with Gasteiger partial charge in [0.25, 0.3) is 0 Å². The largest absolute Gasteiger partial charge is 0.456 e. The van der Waals surface area contributed by atoms with E-state index in [4.69, 9.17) is 14.4 Å². The van der Waals surface area contributed by atoms with E-state index in [9.17, 15) is 0 Å². The van der Waals surface area contributed by atoms with Crippen molar-refractivity contribution >= 4 is 39.0 Å². The topological polar surface area (TPSA) is 42.2 Å². The van der Waals surface area contributed by atoms with Crippen molar-refractivity contribution in [3.63, 3.8) is 0 Å². The maximum absolute atomic E-state index is 6.49. The summed E-state index contributed by atoms with van der Waals surface area (Å²) in [6, 6.07) is 73.8. The zero-order valence-corrected chi connectivity index (χ0v) is 30.5. The van der Waals surface area contributed by atoms with Crippen LogP contribution in [-0.4, -0.2) is 9.97 Å². The fraction of sp³-hybridized carbons (Fsp3) is 0. The van der Waals surface area contributed by atoms with E-state index in [1.165, 1.54) is 11.1 Å². The van der Waals surface area contributed by atoms with Gasteiger partial charge >= 0.3 is 0 Å². The Morgan fingerprint density at radius 2 is 0.768 bits per heavy atom. The molecule has 0 fully saturated rings. The van der Waals surface area contributed by atoms with Gasteiger partial charge in [0.1, 0.15) is 11.2 Å². The number of hydrogen-bond acceptors (Lipinski definition) is 4. The quantitative estimate of drug-likeness (QED) is 0.157. The first-order valence-corrected chi connectivity index (χ1v) is 18.8. The van der Waals surface area contributed by atoms with Crippen LogP contribution in [0.5, 0.6) is 0 Å². The Kier molecular flexibility index (Phi) is 8.47. The van der Waals surface area contributed by atoms with Gasteiger partial charge in [0.05, 0.1) is 11.4 Å². The normalized spacial score (nSPS) is 11.2. The summed E-state index contributed by atoms with van der Waals surface area (Å²) in [7, 11) is 0. The molecule has 0 aliphatic carbocycles. The molecule has 0 saturated heterocycles. The van der Waals surface area contributed by atoms with Crippen LogP contribution < -0.4 is 4.90 Å². The van der Waals surface area contributed by atoms with Gasteiger partial charge in [-0.3, -0.25) is 0 Å². The predicted molar refractivity (Wildman–Crippen MR) is 231 cm³/mol. The van der Waals surface area contributed by atoms with Crippen molar-refractivity contribution in [2.45, 2.75) is 0 Å². The van der Waals surface area contributed by atoms with E-state index < -0.39 is 0 Å². The minimum absolute atomic E-state index is 0.692. The van der Waals surface area contributed by atoms with E-state index in [-0.39, 0.29) is 0 Å². The van der Waals surface area contributed by atoms with Crippen molar-refractivity contribution in [3.05, 3.63) is 212 Å². The van der Waals surface area contributed by atoms with Gasteiger partial charge < -0.3 is 9.32 Å². The van der Waals surface area contributed by atoms with Gasteiger partial charge in [-0.2, -0.15) is 0 Å². The van der Waals surface area contributed by atoms with Crippen molar-refractivity contribution < 1.29 is 4.42 Å². The van der Waals surface area contributed by atoms with Crippen LogP contribution in [0.1, 0.15) is 0 Å². The van der Waals surface area contributed by atoms with E-state index in [0.717, 1.165) is 78.2 Å². The maximum atomic E-state index is 6.49. The van der Waals surface area contributed by atoms with Crippen LogP contribution in [-0.2, 0) is 0 Å². The third-order valence-electron chi connectivity index (χ3n) is 10.3. The summed E-state index contributed by atoms with van der Waals surface area (Å²) in [5.74, 6) is 0.692. The SMILES string of the molecule is c1ccc(-c2ccc(N(c3ccccc3)c3ccc4oc5cc(-c6ccc(-c7nc(-c8ccccc8)cc(-c8ccccc8)n7)cc6)ccc5c4c3)cc2)cc1. The average molecular weight is 718 g/mol. The molecular weight excluding hydrogens is 683 g/mol. The molecule has 0 unspecified atom stereocenters. The lowest BCUT2D eigenvalue weighted by Crippen LogP contribution is -2.09. The summed E-state index contributed by atoms with van der Waals surface area (Å²) in [5, 5.41) is 2.15. The van der Waals surface area contributed by atoms with Crippen molar-refractivity contribution in [2.24, 2.45) is 0 Å². The number of rotatable bonds is 8. The molecule has 10 aromatic rings. The Balaban J connectivity index is 0.980. The minimum Gasteiger partial charge on any atom is -0.456 e. The highest BCUT2D eigenvalue weighted by molar-refractivity contribution is 6.07.